The maximum Gasteiger partial charge on any atom is 0.306 e. The molecule has 0 rings (SSSR count). The Kier molecular flexibility index (Phi) is 45.3. The first-order valence-corrected chi connectivity index (χ1v) is 25.1. The molecule has 0 spiro atoms. The van der Waals surface area contributed by atoms with Crippen molar-refractivity contribution in [2.24, 2.45) is 0 Å². The Labute approximate surface area is 376 Å². The van der Waals surface area contributed by atoms with Gasteiger partial charge in [0.15, 0.2) is 0 Å². The highest BCUT2D eigenvalue weighted by Crippen LogP contribution is 2.17. The number of hydrogen-bond donors (Lipinski definition) is 3. The number of amides is 1. The molecule has 348 valence electrons. The zero-order chi connectivity index (χ0) is 44.5. The summed E-state index contributed by atoms with van der Waals surface area (Å²) in [6.45, 7) is 6.23. The van der Waals surface area contributed by atoms with Gasteiger partial charge < -0.3 is 20.3 Å². The molecular formula is C55H93NO5. The highest BCUT2D eigenvalue weighted by Gasteiger charge is 2.24. The van der Waals surface area contributed by atoms with Crippen molar-refractivity contribution in [2.45, 2.75) is 232 Å². The van der Waals surface area contributed by atoms with Crippen LogP contribution in [-0.2, 0) is 14.3 Å². The molecule has 3 unspecified atom stereocenters. The molecule has 0 aromatic heterocycles. The monoisotopic (exact) mass is 848 g/mol. The maximum absolute atomic E-state index is 13.2. The first kappa shape index (κ1) is 57.8. The smallest absolute Gasteiger partial charge is 0.306 e. The van der Waals surface area contributed by atoms with Crippen LogP contribution in [0.2, 0.25) is 0 Å². The Morgan fingerprint density at radius 3 is 1.41 bits per heavy atom. The van der Waals surface area contributed by atoms with Crippen molar-refractivity contribution in [3.05, 3.63) is 97.2 Å². The number of rotatable bonds is 43. The van der Waals surface area contributed by atoms with E-state index in [0.717, 1.165) is 109 Å². The fraction of sp³-hybridized carbons (Fsp3) is 0.673. The highest BCUT2D eigenvalue weighted by molar-refractivity contribution is 5.77. The van der Waals surface area contributed by atoms with E-state index in [0.29, 0.717) is 19.3 Å². The average molecular weight is 848 g/mol. The summed E-state index contributed by atoms with van der Waals surface area (Å²) in [5, 5.41) is 23.7. The first-order chi connectivity index (χ1) is 30.0. The lowest BCUT2D eigenvalue weighted by atomic mass is 10.0. The molecule has 3 atom stereocenters. The van der Waals surface area contributed by atoms with Crippen molar-refractivity contribution >= 4 is 11.9 Å². The Morgan fingerprint density at radius 2 is 0.918 bits per heavy atom. The molecule has 61 heavy (non-hydrogen) atoms. The van der Waals surface area contributed by atoms with Gasteiger partial charge in [0.25, 0.3) is 0 Å². The standard InChI is InChI=1S/C55H93NO5/c1-4-7-10-13-16-19-22-24-25-26-27-28-30-33-36-39-42-45-48-55(60)61-51(46-43-40-37-34-32-29-23-20-17-14-11-8-5-2)49-54(59)56-52(50-57)53(58)47-44-41-38-35-31-21-18-15-12-9-6-3/h8,10-11,13-14,16-17,19-20,22-28,51-53,57-58H,4-7,9,12,15,18,21,29-50H2,1-3H3,(H,56,59)/b11-8+,13-10+,17-14+,19-16+,23-20+,24-22+,26-25+,28-27+. The quantitative estimate of drug-likeness (QED) is 0.0323. The van der Waals surface area contributed by atoms with Gasteiger partial charge in [0.05, 0.1) is 25.2 Å². The third kappa shape index (κ3) is 43.2. The van der Waals surface area contributed by atoms with E-state index in [1.165, 1.54) is 57.8 Å². The summed E-state index contributed by atoms with van der Waals surface area (Å²) in [6.07, 6.45) is 63.1. The molecule has 6 heteroatoms. The maximum atomic E-state index is 13.2. The van der Waals surface area contributed by atoms with Crippen LogP contribution < -0.4 is 5.32 Å². The van der Waals surface area contributed by atoms with Crippen LogP contribution in [0.3, 0.4) is 0 Å². The van der Waals surface area contributed by atoms with Crippen LogP contribution in [0, 0.1) is 0 Å². The van der Waals surface area contributed by atoms with E-state index >= 15 is 0 Å². The van der Waals surface area contributed by atoms with E-state index in [9.17, 15) is 19.8 Å². The summed E-state index contributed by atoms with van der Waals surface area (Å²) in [7, 11) is 0. The minimum atomic E-state index is -0.803. The SMILES string of the molecule is CC/C=C/C=C/C=C/CCCCCCCC(CC(=O)NC(CO)C(O)CCCCCCCCCCCCC)OC(=O)CCCCCCC/C=C/C=C/C=C/C=C/C=C/CCC. The molecule has 6 nitrogen and oxygen atoms in total. The molecule has 0 radical (unpaired) electrons. The molecule has 0 aliphatic heterocycles. The molecule has 0 saturated carbocycles. The highest BCUT2D eigenvalue weighted by atomic mass is 16.5. The summed E-state index contributed by atoms with van der Waals surface area (Å²) in [5.41, 5.74) is 0. The minimum Gasteiger partial charge on any atom is -0.462 e. The molecule has 3 N–H and O–H groups in total. The molecule has 0 heterocycles. The van der Waals surface area contributed by atoms with Gasteiger partial charge in [-0.1, -0.05) is 234 Å². The second-order valence-electron chi connectivity index (χ2n) is 16.7. The molecule has 0 fully saturated rings. The summed E-state index contributed by atoms with van der Waals surface area (Å²) >= 11 is 0. The fourth-order valence-electron chi connectivity index (χ4n) is 7.05. The number of esters is 1. The number of carbonyl (C=O) groups is 2. The van der Waals surface area contributed by atoms with Crippen LogP contribution in [0.5, 0.6) is 0 Å². The van der Waals surface area contributed by atoms with Gasteiger partial charge in [-0.15, -0.1) is 0 Å². The number of aliphatic hydroxyl groups excluding tert-OH is 2. The predicted molar refractivity (Wildman–Crippen MR) is 264 cm³/mol. The largest absolute Gasteiger partial charge is 0.462 e. The second-order valence-corrected chi connectivity index (χ2v) is 16.7. The van der Waals surface area contributed by atoms with Gasteiger partial charge in [-0.3, -0.25) is 9.59 Å². The van der Waals surface area contributed by atoms with Gasteiger partial charge in [-0.2, -0.15) is 0 Å². The van der Waals surface area contributed by atoms with Gasteiger partial charge in [-0.25, -0.2) is 0 Å². The van der Waals surface area contributed by atoms with E-state index in [1.54, 1.807) is 0 Å². The summed E-state index contributed by atoms with van der Waals surface area (Å²) in [6, 6.07) is -0.719. The molecular weight excluding hydrogens is 755 g/mol. The summed E-state index contributed by atoms with van der Waals surface area (Å²) in [4.78, 5) is 26.1. The summed E-state index contributed by atoms with van der Waals surface area (Å²) in [5.74, 6) is -0.531. The van der Waals surface area contributed by atoms with Gasteiger partial charge in [-0.05, 0) is 64.2 Å². The zero-order valence-corrected chi connectivity index (χ0v) is 39.5. The van der Waals surface area contributed by atoms with Gasteiger partial charge in [0.1, 0.15) is 6.10 Å². The fourth-order valence-corrected chi connectivity index (χ4v) is 7.05. The van der Waals surface area contributed by atoms with Gasteiger partial charge in [0, 0.05) is 6.42 Å². The van der Waals surface area contributed by atoms with Crippen molar-refractivity contribution in [3.63, 3.8) is 0 Å². The van der Waals surface area contributed by atoms with E-state index in [4.69, 9.17) is 4.74 Å². The number of allylic oxidation sites excluding steroid dienone is 16. The number of nitrogens with one attached hydrogen (secondary N) is 1. The lowest BCUT2D eigenvalue weighted by molar-refractivity contribution is -0.151. The molecule has 0 saturated heterocycles. The lowest BCUT2D eigenvalue weighted by Gasteiger charge is -2.24. The topological polar surface area (TPSA) is 95.9 Å². The zero-order valence-electron chi connectivity index (χ0n) is 39.5. The van der Waals surface area contributed by atoms with Gasteiger partial charge >= 0.3 is 5.97 Å². The Morgan fingerprint density at radius 1 is 0.492 bits per heavy atom. The van der Waals surface area contributed by atoms with Crippen LogP contribution in [0.15, 0.2) is 97.2 Å². The van der Waals surface area contributed by atoms with Crippen LogP contribution in [0.25, 0.3) is 0 Å². The molecule has 0 aliphatic rings. The predicted octanol–water partition coefficient (Wildman–Crippen LogP) is 14.9. The van der Waals surface area contributed by atoms with Crippen molar-refractivity contribution < 1.29 is 24.5 Å². The molecule has 1 amide bonds. The molecule has 0 aliphatic carbocycles. The van der Waals surface area contributed by atoms with Crippen molar-refractivity contribution in [3.8, 4) is 0 Å². The van der Waals surface area contributed by atoms with E-state index in [-0.39, 0.29) is 24.9 Å². The number of unbranched alkanes of at least 4 members (excludes halogenated alkanes) is 21. The Hall–Kier alpha value is -3.22. The van der Waals surface area contributed by atoms with Crippen LogP contribution in [0.4, 0.5) is 0 Å². The normalized spacial score (nSPS) is 14.1. The van der Waals surface area contributed by atoms with E-state index in [1.807, 2.05) is 24.3 Å². The number of carbonyl (C=O) groups excluding carboxylic acids is 2. The second kappa shape index (κ2) is 47.8. The third-order valence-electron chi connectivity index (χ3n) is 10.8. The molecule has 0 aromatic carbocycles. The third-order valence-corrected chi connectivity index (χ3v) is 10.8. The van der Waals surface area contributed by atoms with Crippen LogP contribution >= 0.6 is 0 Å². The van der Waals surface area contributed by atoms with Crippen LogP contribution in [0.1, 0.15) is 213 Å². The summed E-state index contributed by atoms with van der Waals surface area (Å²) < 4.78 is 5.91. The Bertz CT molecular complexity index is 1220. The number of aliphatic hydroxyl groups is 2. The minimum absolute atomic E-state index is 0.0475. The Balaban J connectivity index is 4.68. The molecule has 0 aromatic rings. The van der Waals surface area contributed by atoms with E-state index in [2.05, 4.69) is 99.0 Å². The van der Waals surface area contributed by atoms with Crippen LogP contribution in [-0.4, -0.2) is 46.9 Å². The number of ether oxygens (including phenoxy) is 1. The lowest BCUT2D eigenvalue weighted by Crippen LogP contribution is -2.46. The van der Waals surface area contributed by atoms with Crippen molar-refractivity contribution in [1.29, 1.82) is 0 Å². The van der Waals surface area contributed by atoms with Crippen molar-refractivity contribution in [2.75, 3.05) is 6.61 Å². The van der Waals surface area contributed by atoms with E-state index < -0.39 is 18.2 Å². The average Bonchev–Trinajstić information content (AvgIpc) is 3.25. The first-order valence-electron chi connectivity index (χ1n) is 25.1. The van der Waals surface area contributed by atoms with Gasteiger partial charge in [0.2, 0.25) is 5.91 Å². The number of hydrogen-bond acceptors (Lipinski definition) is 5. The molecule has 0 bridgehead atoms. The van der Waals surface area contributed by atoms with Crippen molar-refractivity contribution in [1.82, 2.24) is 5.32 Å².